The van der Waals surface area contributed by atoms with Crippen LogP contribution in [0.4, 0.5) is 5.69 Å². The zero-order chi connectivity index (χ0) is 17.2. The molecule has 25 heavy (non-hydrogen) atoms. The molecule has 1 N–H and O–H groups in total. The van der Waals surface area contributed by atoms with Gasteiger partial charge in [0.1, 0.15) is 0 Å². The molecule has 4 nitrogen and oxygen atoms in total. The van der Waals surface area contributed by atoms with E-state index in [2.05, 4.69) is 34.1 Å². The molecule has 0 aliphatic carbocycles. The Morgan fingerprint density at radius 1 is 1.00 bits per heavy atom. The predicted octanol–water partition coefficient (Wildman–Crippen LogP) is 3.41. The first-order valence-electron chi connectivity index (χ1n) is 9.10. The fourth-order valence-corrected chi connectivity index (χ4v) is 4.14. The van der Waals surface area contributed by atoms with Crippen LogP contribution in [0.15, 0.2) is 48.5 Å². The molecule has 0 bridgehead atoms. The summed E-state index contributed by atoms with van der Waals surface area (Å²) in [6.07, 6.45) is 3.56. The second-order valence-corrected chi connectivity index (χ2v) is 7.08. The minimum Gasteiger partial charge on any atom is -0.478 e. The van der Waals surface area contributed by atoms with Gasteiger partial charge in [-0.05, 0) is 48.6 Å². The highest BCUT2D eigenvalue weighted by atomic mass is 16.4. The van der Waals surface area contributed by atoms with Crippen molar-refractivity contribution in [2.45, 2.75) is 31.8 Å². The number of carboxylic acids is 1. The van der Waals surface area contributed by atoms with Crippen LogP contribution in [0.5, 0.6) is 0 Å². The number of para-hydroxylation sites is 1. The van der Waals surface area contributed by atoms with Gasteiger partial charge in [-0.15, -0.1) is 0 Å². The maximum absolute atomic E-state index is 10.9. The highest BCUT2D eigenvalue weighted by molar-refractivity contribution is 5.87. The van der Waals surface area contributed by atoms with Crippen molar-refractivity contribution in [3.8, 4) is 0 Å². The molecule has 2 aliphatic rings. The number of anilines is 1. The van der Waals surface area contributed by atoms with Gasteiger partial charge in [-0.3, -0.25) is 4.90 Å². The lowest BCUT2D eigenvalue weighted by Gasteiger charge is -2.38. The van der Waals surface area contributed by atoms with Crippen LogP contribution in [0, 0.1) is 0 Å². The summed E-state index contributed by atoms with van der Waals surface area (Å²) in [6.45, 7) is 4.26. The van der Waals surface area contributed by atoms with Gasteiger partial charge in [-0.1, -0.05) is 30.3 Å². The average molecular weight is 336 g/mol. The number of hydrogen-bond donors (Lipinski definition) is 1. The second-order valence-electron chi connectivity index (χ2n) is 7.08. The molecule has 0 aromatic heterocycles. The molecular formula is C21H24N2O2. The molecule has 0 unspecified atom stereocenters. The van der Waals surface area contributed by atoms with E-state index >= 15 is 0 Å². The maximum atomic E-state index is 10.9. The molecule has 4 heteroatoms. The van der Waals surface area contributed by atoms with E-state index in [1.165, 1.54) is 36.1 Å². The van der Waals surface area contributed by atoms with Crippen molar-refractivity contribution in [3.05, 3.63) is 65.2 Å². The van der Waals surface area contributed by atoms with Crippen molar-refractivity contribution in [2.75, 3.05) is 24.5 Å². The zero-order valence-electron chi connectivity index (χ0n) is 14.4. The molecule has 0 spiro atoms. The number of likely N-dealkylation sites (tertiary alicyclic amines) is 1. The van der Waals surface area contributed by atoms with E-state index in [1.807, 2.05) is 12.1 Å². The van der Waals surface area contributed by atoms with Crippen molar-refractivity contribution >= 4 is 11.7 Å². The maximum Gasteiger partial charge on any atom is 0.335 e. The lowest BCUT2D eigenvalue weighted by Crippen LogP contribution is -2.44. The molecule has 0 saturated carbocycles. The Balaban J connectivity index is 1.34. The Morgan fingerprint density at radius 3 is 2.44 bits per heavy atom. The third-order valence-electron chi connectivity index (χ3n) is 5.53. The molecule has 4 rings (SSSR count). The highest BCUT2D eigenvalue weighted by Gasteiger charge is 2.28. The standard InChI is InChI=1S/C21H24N2O2/c24-21(25)18-7-5-16(6-8-18)15-22-12-10-19(11-13-22)23-14-9-17-3-1-2-4-20(17)23/h1-8,19H,9-15H2,(H,24,25). The third kappa shape index (κ3) is 3.40. The number of benzene rings is 2. The monoisotopic (exact) mass is 336 g/mol. The minimum atomic E-state index is -0.863. The number of carboxylic acid groups (broad SMARTS) is 1. The number of piperidine rings is 1. The summed E-state index contributed by atoms with van der Waals surface area (Å²) in [6, 6.07) is 16.7. The SMILES string of the molecule is O=C(O)c1ccc(CN2CCC(N3CCc4ccccc43)CC2)cc1. The van der Waals surface area contributed by atoms with Crippen LogP contribution in [-0.2, 0) is 13.0 Å². The quantitative estimate of drug-likeness (QED) is 0.929. The van der Waals surface area contributed by atoms with Crippen molar-refractivity contribution in [1.82, 2.24) is 4.90 Å². The molecule has 2 aliphatic heterocycles. The topological polar surface area (TPSA) is 43.8 Å². The zero-order valence-corrected chi connectivity index (χ0v) is 14.4. The molecule has 2 aromatic carbocycles. The molecule has 2 aromatic rings. The summed E-state index contributed by atoms with van der Waals surface area (Å²) >= 11 is 0. The lowest BCUT2D eigenvalue weighted by molar-refractivity contribution is 0.0697. The third-order valence-corrected chi connectivity index (χ3v) is 5.53. The van der Waals surface area contributed by atoms with Crippen LogP contribution in [0.2, 0.25) is 0 Å². The predicted molar refractivity (Wildman–Crippen MR) is 99.2 cm³/mol. The van der Waals surface area contributed by atoms with Gasteiger partial charge in [-0.2, -0.15) is 0 Å². The molecule has 0 radical (unpaired) electrons. The largest absolute Gasteiger partial charge is 0.478 e. The summed E-state index contributed by atoms with van der Waals surface area (Å²) in [7, 11) is 0. The number of fused-ring (bicyclic) bond motifs is 1. The number of rotatable bonds is 4. The molecular weight excluding hydrogens is 312 g/mol. The Bertz CT molecular complexity index is 749. The van der Waals surface area contributed by atoms with Crippen LogP contribution < -0.4 is 4.90 Å². The number of aromatic carboxylic acids is 1. The molecule has 2 heterocycles. The van der Waals surface area contributed by atoms with Crippen LogP contribution in [-0.4, -0.2) is 41.7 Å². The normalized spacial score (nSPS) is 18.3. The first-order chi connectivity index (χ1) is 12.2. The Hall–Kier alpha value is -2.33. The highest BCUT2D eigenvalue weighted by Crippen LogP contribution is 2.32. The van der Waals surface area contributed by atoms with Gasteiger partial charge in [0.2, 0.25) is 0 Å². The van der Waals surface area contributed by atoms with Crippen molar-refractivity contribution in [3.63, 3.8) is 0 Å². The Kier molecular flexibility index (Phi) is 4.45. The first-order valence-corrected chi connectivity index (χ1v) is 9.10. The van der Waals surface area contributed by atoms with E-state index in [0.29, 0.717) is 11.6 Å². The molecule has 0 atom stereocenters. The van der Waals surface area contributed by atoms with Crippen molar-refractivity contribution in [2.24, 2.45) is 0 Å². The summed E-state index contributed by atoms with van der Waals surface area (Å²) < 4.78 is 0. The van der Waals surface area contributed by atoms with Crippen LogP contribution in [0.1, 0.15) is 34.3 Å². The fourth-order valence-electron chi connectivity index (χ4n) is 4.14. The molecule has 130 valence electrons. The Labute approximate surface area is 148 Å². The van der Waals surface area contributed by atoms with Gasteiger partial charge in [0.05, 0.1) is 5.56 Å². The smallest absolute Gasteiger partial charge is 0.335 e. The molecule has 1 saturated heterocycles. The van der Waals surface area contributed by atoms with Gasteiger partial charge >= 0.3 is 5.97 Å². The van der Waals surface area contributed by atoms with Crippen molar-refractivity contribution in [1.29, 1.82) is 0 Å². The van der Waals surface area contributed by atoms with Crippen molar-refractivity contribution < 1.29 is 9.90 Å². The van der Waals surface area contributed by atoms with Crippen LogP contribution in [0.3, 0.4) is 0 Å². The van der Waals surface area contributed by atoms with E-state index in [9.17, 15) is 4.79 Å². The van der Waals surface area contributed by atoms with E-state index in [1.54, 1.807) is 12.1 Å². The lowest BCUT2D eigenvalue weighted by atomic mass is 10.0. The minimum absolute atomic E-state index is 0.357. The summed E-state index contributed by atoms with van der Waals surface area (Å²) in [5, 5.41) is 8.98. The van der Waals surface area contributed by atoms with E-state index in [-0.39, 0.29) is 0 Å². The van der Waals surface area contributed by atoms with Gasteiger partial charge in [0.15, 0.2) is 0 Å². The number of carbonyl (C=O) groups is 1. The molecule has 0 amide bonds. The summed E-state index contributed by atoms with van der Waals surface area (Å²) in [5.41, 5.74) is 4.47. The first kappa shape index (κ1) is 16.2. The van der Waals surface area contributed by atoms with E-state index < -0.39 is 5.97 Å². The average Bonchev–Trinajstić information content (AvgIpc) is 3.07. The van der Waals surface area contributed by atoms with Gasteiger partial charge in [0.25, 0.3) is 0 Å². The van der Waals surface area contributed by atoms with Gasteiger partial charge in [-0.25, -0.2) is 4.79 Å². The van der Waals surface area contributed by atoms with Gasteiger partial charge < -0.3 is 10.0 Å². The number of nitrogens with zero attached hydrogens (tertiary/aromatic N) is 2. The van der Waals surface area contributed by atoms with Crippen LogP contribution in [0.25, 0.3) is 0 Å². The van der Waals surface area contributed by atoms with Gasteiger partial charge in [0, 0.05) is 37.9 Å². The molecule has 1 fully saturated rings. The van der Waals surface area contributed by atoms with E-state index in [4.69, 9.17) is 5.11 Å². The summed E-state index contributed by atoms with van der Waals surface area (Å²) in [5.74, 6) is -0.863. The summed E-state index contributed by atoms with van der Waals surface area (Å²) in [4.78, 5) is 16.0. The Morgan fingerprint density at radius 2 is 1.72 bits per heavy atom. The van der Waals surface area contributed by atoms with Crippen LogP contribution >= 0.6 is 0 Å². The second kappa shape index (κ2) is 6.89. The number of hydrogen-bond acceptors (Lipinski definition) is 3. The van der Waals surface area contributed by atoms with E-state index in [0.717, 1.165) is 26.2 Å². The fraction of sp³-hybridized carbons (Fsp3) is 0.381.